The maximum atomic E-state index is 13.4. The molecule has 1 atom stereocenters. The molecule has 3 aromatic carbocycles. The van der Waals surface area contributed by atoms with Crippen LogP contribution in [0.4, 0.5) is 0 Å². The van der Waals surface area contributed by atoms with E-state index >= 15 is 0 Å². The zero-order valence-electron chi connectivity index (χ0n) is 18.8. The van der Waals surface area contributed by atoms with E-state index < -0.39 is 21.8 Å². The number of fused-ring (bicyclic) bond motifs is 1. The van der Waals surface area contributed by atoms with Crippen LogP contribution in [0.15, 0.2) is 93.0 Å². The van der Waals surface area contributed by atoms with E-state index in [0.717, 1.165) is 11.1 Å². The van der Waals surface area contributed by atoms with Gasteiger partial charge in [-0.15, -0.1) is 0 Å². The summed E-state index contributed by atoms with van der Waals surface area (Å²) in [6.07, 6.45) is 0.181. The van der Waals surface area contributed by atoms with Gasteiger partial charge in [0.05, 0.1) is 10.4 Å². The Balaban J connectivity index is 1.62. The molecule has 4 rings (SSSR count). The van der Waals surface area contributed by atoms with Gasteiger partial charge in [-0.3, -0.25) is 9.36 Å². The number of hydrogen-bond acceptors (Lipinski definition) is 5. The molecule has 1 aromatic heterocycles. The Kier molecular flexibility index (Phi) is 6.67. The number of amides is 1. The lowest BCUT2D eigenvalue weighted by Gasteiger charge is -2.25. The Morgan fingerprint density at radius 1 is 1.00 bits per heavy atom. The quantitative estimate of drug-likeness (QED) is 0.419. The third kappa shape index (κ3) is 5.11. The Morgan fingerprint density at radius 3 is 2.26 bits per heavy atom. The van der Waals surface area contributed by atoms with Gasteiger partial charge in [-0.25, -0.2) is 13.2 Å². The third-order valence-electron chi connectivity index (χ3n) is 5.59. The van der Waals surface area contributed by atoms with Crippen LogP contribution in [0.1, 0.15) is 11.1 Å². The van der Waals surface area contributed by atoms with Crippen molar-refractivity contribution in [3.8, 4) is 0 Å². The van der Waals surface area contributed by atoms with E-state index in [4.69, 9.17) is 4.42 Å². The standard InChI is InChI=1S/C25H25N3O5S/c1-27(17-19-11-7-4-8-12-19)24(29)21(15-18-9-5-3-6-10-18)26-34(31,32)20-13-14-22-23(16-20)33-25(30)28(22)2/h3-14,16,21,26H,15,17H2,1-2H3/t21-/m0/s1. The van der Waals surface area contributed by atoms with Gasteiger partial charge in [0.25, 0.3) is 0 Å². The van der Waals surface area contributed by atoms with Gasteiger partial charge < -0.3 is 9.32 Å². The second-order valence-corrected chi connectivity index (χ2v) is 9.81. The van der Waals surface area contributed by atoms with Gasteiger partial charge >= 0.3 is 5.76 Å². The average molecular weight is 480 g/mol. The summed E-state index contributed by atoms with van der Waals surface area (Å²) in [6, 6.07) is 21.8. The van der Waals surface area contributed by atoms with Crippen LogP contribution < -0.4 is 10.5 Å². The van der Waals surface area contributed by atoms with Crippen molar-refractivity contribution < 1.29 is 17.6 Å². The molecule has 0 aliphatic rings. The summed E-state index contributed by atoms with van der Waals surface area (Å²) < 4.78 is 35.5. The van der Waals surface area contributed by atoms with E-state index in [0.29, 0.717) is 12.1 Å². The monoisotopic (exact) mass is 479 g/mol. The molecule has 0 fully saturated rings. The number of nitrogens with one attached hydrogen (secondary N) is 1. The lowest BCUT2D eigenvalue weighted by molar-refractivity contribution is -0.132. The summed E-state index contributed by atoms with van der Waals surface area (Å²) in [6.45, 7) is 0.341. The highest BCUT2D eigenvalue weighted by molar-refractivity contribution is 7.89. The Bertz CT molecular complexity index is 1460. The average Bonchev–Trinajstić information content (AvgIpc) is 3.12. The van der Waals surface area contributed by atoms with Gasteiger partial charge in [0, 0.05) is 26.7 Å². The topological polar surface area (TPSA) is 102 Å². The van der Waals surface area contributed by atoms with E-state index in [1.54, 1.807) is 7.05 Å². The van der Waals surface area contributed by atoms with Crippen LogP contribution in [-0.4, -0.2) is 36.9 Å². The molecule has 0 saturated carbocycles. The van der Waals surface area contributed by atoms with Gasteiger partial charge in [-0.05, 0) is 29.7 Å². The minimum absolute atomic E-state index is 0.0917. The van der Waals surface area contributed by atoms with Crippen molar-refractivity contribution in [3.63, 3.8) is 0 Å². The molecule has 0 unspecified atom stereocenters. The molecule has 9 heteroatoms. The number of benzene rings is 3. The van der Waals surface area contributed by atoms with Gasteiger partial charge in [0.15, 0.2) is 5.58 Å². The molecule has 0 aliphatic heterocycles. The molecule has 1 amide bonds. The maximum Gasteiger partial charge on any atom is 0.419 e. The van der Waals surface area contributed by atoms with Crippen LogP contribution in [-0.2, 0) is 34.8 Å². The van der Waals surface area contributed by atoms with E-state index in [2.05, 4.69) is 4.72 Å². The zero-order chi connectivity index (χ0) is 24.3. The number of carbonyl (C=O) groups excluding carboxylic acids is 1. The van der Waals surface area contributed by atoms with Gasteiger partial charge in [-0.1, -0.05) is 60.7 Å². The van der Waals surface area contributed by atoms with Crippen molar-refractivity contribution in [3.05, 3.63) is 101 Å². The number of likely N-dealkylation sites (N-methyl/N-ethyl adjacent to an activating group) is 1. The SMILES string of the molecule is CN(Cc1ccccc1)C(=O)[C@H](Cc1ccccc1)NS(=O)(=O)c1ccc2c(c1)oc(=O)n2C. The number of oxazole rings is 1. The molecular formula is C25H25N3O5S. The molecular weight excluding hydrogens is 454 g/mol. The molecule has 8 nitrogen and oxygen atoms in total. The number of sulfonamides is 1. The second kappa shape index (κ2) is 9.66. The molecule has 0 aliphatic carbocycles. The number of aryl methyl sites for hydroxylation is 1. The minimum atomic E-state index is -4.09. The molecule has 1 N–H and O–H groups in total. The fourth-order valence-electron chi connectivity index (χ4n) is 3.77. The highest BCUT2D eigenvalue weighted by Gasteiger charge is 2.29. The fraction of sp³-hybridized carbons (Fsp3) is 0.200. The van der Waals surface area contributed by atoms with Crippen LogP contribution in [0.3, 0.4) is 0 Å². The molecule has 0 bridgehead atoms. The van der Waals surface area contributed by atoms with Gasteiger partial charge in [0.2, 0.25) is 15.9 Å². The maximum absolute atomic E-state index is 13.4. The summed E-state index contributed by atoms with van der Waals surface area (Å²) in [5, 5.41) is 0. The first-order chi connectivity index (χ1) is 16.2. The van der Waals surface area contributed by atoms with Crippen molar-refractivity contribution in [1.82, 2.24) is 14.2 Å². The van der Waals surface area contributed by atoms with Crippen molar-refractivity contribution in [2.24, 2.45) is 7.05 Å². The molecule has 0 spiro atoms. The number of carbonyl (C=O) groups is 1. The lowest BCUT2D eigenvalue weighted by Crippen LogP contribution is -2.48. The van der Waals surface area contributed by atoms with Crippen molar-refractivity contribution in [2.45, 2.75) is 23.9 Å². The van der Waals surface area contributed by atoms with Gasteiger partial charge in [0.1, 0.15) is 6.04 Å². The van der Waals surface area contributed by atoms with Crippen molar-refractivity contribution in [1.29, 1.82) is 0 Å². The third-order valence-corrected chi connectivity index (χ3v) is 7.06. The van der Waals surface area contributed by atoms with Crippen molar-refractivity contribution in [2.75, 3.05) is 7.05 Å². The number of aromatic nitrogens is 1. The van der Waals surface area contributed by atoms with E-state index in [1.165, 1.54) is 34.7 Å². The summed E-state index contributed by atoms with van der Waals surface area (Å²) in [7, 11) is -0.910. The first-order valence-corrected chi connectivity index (χ1v) is 12.2. The number of rotatable bonds is 8. The van der Waals surface area contributed by atoms with Crippen molar-refractivity contribution >= 4 is 27.0 Å². The zero-order valence-corrected chi connectivity index (χ0v) is 19.7. The van der Waals surface area contributed by atoms with Gasteiger partial charge in [-0.2, -0.15) is 4.72 Å². The highest BCUT2D eigenvalue weighted by Crippen LogP contribution is 2.19. The molecule has 0 saturated heterocycles. The smallest absolute Gasteiger partial charge is 0.408 e. The Hall–Kier alpha value is -3.69. The summed E-state index contributed by atoms with van der Waals surface area (Å²) >= 11 is 0. The first kappa shape index (κ1) is 23.5. The molecule has 4 aromatic rings. The Labute approximate surface area is 197 Å². The summed E-state index contributed by atoms with van der Waals surface area (Å²) in [4.78, 5) is 26.5. The van der Waals surface area contributed by atoms with Crippen LogP contribution in [0.5, 0.6) is 0 Å². The van der Waals surface area contributed by atoms with Crippen LogP contribution in [0.25, 0.3) is 11.1 Å². The summed E-state index contributed by atoms with van der Waals surface area (Å²) in [5.74, 6) is -0.944. The van der Waals surface area contributed by atoms with Crippen LogP contribution in [0.2, 0.25) is 0 Å². The number of nitrogens with zero attached hydrogens (tertiary/aromatic N) is 2. The van der Waals surface area contributed by atoms with Crippen LogP contribution >= 0.6 is 0 Å². The largest absolute Gasteiger partial charge is 0.419 e. The predicted molar refractivity (Wildman–Crippen MR) is 129 cm³/mol. The highest BCUT2D eigenvalue weighted by atomic mass is 32.2. The fourth-order valence-corrected chi connectivity index (χ4v) is 4.97. The molecule has 34 heavy (non-hydrogen) atoms. The van der Waals surface area contributed by atoms with E-state index in [9.17, 15) is 18.0 Å². The first-order valence-electron chi connectivity index (χ1n) is 10.7. The normalized spacial score (nSPS) is 12.5. The van der Waals surface area contributed by atoms with E-state index in [1.807, 2.05) is 60.7 Å². The van der Waals surface area contributed by atoms with E-state index in [-0.39, 0.29) is 22.8 Å². The molecule has 1 heterocycles. The lowest BCUT2D eigenvalue weighted by atomic mass is 10.1. The number of hydrogen-bond donors (Lipinski definition) is 1. The van der Waals surface area contributed by atoms with Crippen LogP contribution in [0, 0.1) is 0 Å². The predicted octanol–water partition coefficient (Wildman–Crippen LogP) is 2.68. The molecule has 176 valence electrons. The minimum Gasteiger partial charge on any atom is -0.408 e. The molecule has 0 radical (unpaired) electrons. The second-order valence-electron chi connectivity index (χ2n) is 8.10. The Morgan fingerprint density at radius 2 is 1.62 bits per heavy atom. The summed E-state index contributed by atoms with van der Waals surface area (Å²) in [5.41, 5.74) is 2.39.